The summed E-state index contributed by atoms with van der Waals surface area (Å²) in [5.74, 6) is -0.542. The van der Waals surface area contributed by atoms with E-state index in [1.165, 1.54) is 13.3 Å². The maximum Gasteiger partial charge on any atom is 0.327 e. The van der Waals surface area contributed by atoms with Crippen molar-refractivity contribution in [2.45, 2.75) is 19.5 Å². The van der Waals surface area contributed by atoms with E-state index in [-0.39, 0.29) is 11.6 Å². The summed E-state index contributed by atoms with van der Waals surface area (Å²) in [7, 11) is 1.26. The molecule has 7 nitrogen and oxygen atoms in total. The average molecular weight is 301 g/mol. The molecular weight excluding hydrogens is 284 g/mol. The third-order valence-electron chi connectivity index (χ3n) is 3.18. The summed E-state index contributed by atoms with van der Waals surface area (Å²) < 4.78 is 5.51. The second-order valence-electron chi connectivity index (χ2n) is 4.68. The summed E-state index contributed by atoms with van der Waals surface area (Å²) >= 11 is 6.12. The number of aromatic nitrogens is 2. The Morgan fingerprint density at radius 1 is 1.65 bits per heavy atom. The molecule has 2 rings (SSSR count). The molecule has 1 fully saturated rings. The lowest BCUT2D eigenvalue weighted by Gasteiger charge is -2.33. The van der Waals surface area contributed by atoms with E-state index in [1.807, 2.05) is 4.90 Å². The summed E-state index contributed by atoms with van der Waals surface area (Å²) in [6.07, 6.45) is 1.52. The van der Waals surface area contributed by atoms with Gasteiger partial charge in [0, 0.05) is 25.7 Å². The number of nitrogens with one attached hydrogen (secondary N) is 1. The largest absolute Gasteiger partial charge is 0.468 e. The number of carbonyl (C=O) groups excluding carboxylic acids is 1. The Balaban J connectivity index is 2.26. The molecule has 1 aromatic rings. The van der Waals surface area contributed by atoms with Crippen molar-refractivity contribution < 1.29 is 9.53 Å². The van der Waals surface area contributed by atoms with Crippen LogP contribution in [0.15, 0.2) is 11.0 Å². The van der Waals surface area contributed by atoms with Gasteiger partial charge in [0.2, 0.25) is 0 Å². The van der Waals surface area contributed by atoms with Crippen LogP contribution < -0.4 is 15.8 Å². The Kier molecular flexibility index (Phi) is 4.61. The van der Waals surface area contributed by atoms with Crippen molar-refractivity contribution in [3.05, 3.63) is 21.6 Å². The van der Waals surface area contributed by atoms with Crippen LogP contribution in [0.1, 0.15) is 6.92 Å². The van der Waals surface area contributed by atoms with Crippen LogP contribution in [-0.2, 0) is 16.1 Å². The number of piperazine rings is 1. The van der Waals surface area contributed by atoms with Gasteiger partial charge in [-0.3, -0.25) is 9.59 Å². The minimum atomic E-state index is -0.542. The van der Waals surface area contributed by atoms with Gasteiger partial charge in [0.05, 0.1) is 19.0 Å². The normalized spacial score (nSPS) is 18.9. The molecule has 8 heteroatoms. The van der Waals surface area contributed by atoms with Crippen molar-refractivity contribution in [3.63, 3.8) is 0 Å². The van der Waals surface area contributed by atoms with Crippen LogP contribution in [0.4, 0.5) is 5.69 Å². The van der Waals surface area contributed by atoms with E-state index >= 15 is 0 Å². The van der Waals surface area contributed by atoms with Gasteiger partial charge in [-0.2, -0.15) is 5.10 Å². The molecule has 0 aromatic carbocycles. The minimum Gasteiger partial charge on any atom is -0.468 e. The molecular formula is C12H17ClN4O3. The summed E-state index contributed by atoms with van der Waals surface area (Å²) in [5, 5.41) is 7.38. The maximum absolute atomic E-state index is 12.1. The lowest BCUT2D eigenvalue weighted by Crippen LogP contribution is -2.49. The highest BCUT2D eigenvalue weighted by Crippen LogP contribution is 2.21. The molecule has 0 spiro atoms. The highest BCUT2D eigenvalue weighted by Gasteiger charge is 2.21. The van der Waals surface area contributed by atoms with Crippen molar-refractivity contribution in [2.75, 3.05) is 31.6 Å². The number of ether oxygens (including phenoxy) is 1. The van der Waals surface area contributed by atoms with Crippen LogP contribution in [0, 0.1) is 0 Å². The van der Waals surface area contributed by atoms with Gasteiger partial charge in [-0.05, 0) is 6.92 Å². The monoisotopic (exact) mass is 300 g/mol. The fraction of sp³-hybridized carbons (Fsp3) is 0.583. The van der Waals surface area contributed by atoms with Gasteiger partial charge in [-0.1, -0.05) is 11.6 Å². The van der Waals surface area contributed by atoms with E-state index in [0.29, 0.717) is 11.7 Å². The minimum absolute atomic E-state index is 0.0815. The second kappa shape index (κ2) is 6.23. The highest BCUT2D eigenvalue weighted by molar-refractivity contribution is 6.33. The fourth-order valence-corrected chi connectivity index (χ4v) is 2.39. The Morgan fingerprint density at radius 2 is 2.40 bits per heavy atom. The van der Waals surface area contributed by atoms with Crippen LogP contribution in [0.2, 0.25) is 5.02 Å². The molecule has 1 saturated heterocycles. The molecule has 1 aromatic heterocycles. The van der Waals surface area contributed by atoms with Gasteiger partial charge >= 0.3 is 5.97 Å². The topological polar surface area (TPSA) is 76.5 Å². The third kappa shape index (κ3) is 3.10. The van der Waals surface area contributed by atoms with Crippen molar-refractivity contribution in [1.82, 2.24) is 15.1 Å². The molecule has 0 saturated carbocycles. The van der Waals surface area contributed by atoms with E-state index in [0.717, 1.165) is 24.3 Å². The van der Waals surface area contributed by atoms with Gasteiger partial charge in [0.15, 0.2) is 0 Å². The molecule has 20 heavy (non-hydrogen) atoms. The number of hydrogen-bond donors (Lipinski definition) is 1. The van der Waals surface area contributed by atoms with Crippen LogP contribution in [0.25, 0.3) is 0 Å². The number of halogens is 1. The molecule has 0 amide bonds. The summed E-state index contributed by atoms with van der Waals surface area (Å²) in [5.41, 5.74) is 0.117. The van der Waals surface area contributed by atoms with Crippen molar-refractivity contribution in [2.24, 2.45) is 0 Å². The van der Waals surface area contributed by atoms with Crippen LogP contribution in [0.3, 0.4) is 0 Å². The van der Waals surface area contributed by atoms with Crippen LogP contribution in [-0.4, -0.2) is 48.5 Å². The smallest absolute Gasteiger partial charge is 0.327 e. The lowest BCUT2D eigenvalue weighted by molar-refractivity contribution is -0.141. The van der Waals surface area contributed by atoms with E-state index in [2.05, 4.69) is 22.1 Å². The first-order valence-corrected chi connectivity index (χ1v) is 6.71. The molecule has 1 N–H and O–H groups in total. The lowest BCUT2D eigenvalue weighted by atomic mass is 10.2. The average Bonchev–Trinajstić information content (AvgIpc) is 2.44. The highest BCUT2D eigenvalue weighted by atomic mass is 35.5. The Hall–Kier alpha value is -1.60. The van der Waals surface area contributed by atoms with Gasteiger partial charge in [-0.25, -0.2) is 4.68 Å². The molecule has 110 valence electrons. The number of rotatable bonds is 3. The van der Waals surface area contributed by atoms with Gasteiger partial charge in [0.25, 0.3) is 5.56 Å². The zero-order valence-electron chi connectivity index (χ0n) is 11.4. The Bertz CT molecular complexity index is 560. The predicted molar refractivity (Wildman–Crippen MR) is 75.2 cm³/mol. The fourth-order valence-electron chi connectivity index (χ4n) is 2.13. The first-order chi connectivity index (χ1) is 9.52. The standard InChI is InChI=1S/C12H17ClN4O3/c1-8-6-16(4-3-14-8)9-5-15-17(7-10(18)20-2)12(19)11(9)13/h5,8,14H,3-4,6-7H2,1-2H3/t8-/m0/s1. The molecule has 0 bridgehead atoms. The number of carbonyl (C=O) groups is 1. The number of anilines is 1. The van der Waals surface area contributed by atoms with E-state index < -0.39 is 11.5 Å². The van der Waals surface area contributed by atoms with Gasteiger partial charge in [-0.15, -0.1) is 0 Å². The SMILES string of the molecule is COC(=O)Cn1ncc(N2CCN[C@@H](C)C2)c(Cl)c1=O. The number of hydrogen-bond acceptors (Lipinski definition) is 6. The van der Waals surface area contributed by atoms with E-state index in [4.69, 9.17) is 11.6 Å². The van der Waals surface area contributed by atoms with Crippen LogP contribution >= 0.6 is 11.6 Å². The van der Waals surface area contributed by atoms with E-state index in [9.17, 15) is 9.59 Å². The summed E-state index contributed by atoms with van der Waals surface area (Å²) in [6, 6.07) is 0.317. The van der Waals surface area contributed by atoms with Gasteiger partial charge in [0.1, 0.15) is 11.6 Å². The first kappa shape index (κ1) is 14.8. The maximum atomic E-state index is 12.1. The van der Waals surface area contributed by atoms with Gasteiger partial charge < -0.3 is 15.0 Å². The van der Waals surface area contributed by atoms with Crippen LogP contribution in [0.5, 0.6) is 0 Å². The van der Waals surface area contributed by atoms with E-state index in [1.54, 1.807) is 0 Å². The zero-order chi connectivity index (χ0) is 14.7. The number of nitrogens with zero attached hydrogens (tertiary/aromatic N) is 3. The molecule has 1 atom stereocenters. The van der Waals surface area contributed by atoms with Crippen molar-refractivity contribution in [3.8, 4) is 0 Å². The second-order valence-corrected chi connectivity index (χ2v) is 5.06. The zero-order valence-corrected chi connectivity index (χ0v) is 12.2. The quantitative estimate of drug-likeness (QED) is 0.784. The Labute approximate surface area is 121 Å². The number of esters is 1. The molecule has 2 heterocycles. The molecule has 0 unspecified atom stereocenters. The number of methoxy groups -OCH3 is 1. The molecule has 0 radical (unpaired) electrons. The molecule has 1 aliphatic rings. The molecule has 1 aliphatic heterocycles. The molecule has 0 aliphatic carbocycles. The van der Waals surface area contributed by atoms with Crippen molar-refractivity contribution >= 4 is 23.3 Å². The predicted octanol–water partition coefficient (Wildman–Crippen LogP) is -0.132. The first-order valence-electron chi connectivity index (χ1n) is 6.33. The summed E-state index contributed by atoms with van der Waals surface area (Å²) in [6.45, 7) is 4.15. The third-order valence-corrected chi connectivity index (χ3v) is 3.54. The summed E-state index contributed by atoms with van der Waals surface area (Å²) in [4.78, 5) is 25.3. The Morgan fingerprint density at radius 3 is 3.05 bits per heavy atom. The van der Waals surface area contributed by atoms with Crippen molar-refractivity contribution in [1.29, 1.82) is 0 Å².